The van der Waals surface area contributed by atoms with Gasteiger partial charge in [-0.2, -0.15) is 0 Å². The zero-order valence-electron chi connectivity index (χ0n) is 22.0. The molecule has 0 unspecified atom stereocenters. The lowest BCUT2D eigenvalue weighted by Gasteiger charge is -2.15. The van der Waals surface area contributed by atoms with Crippen LogP contribution in [0.3, 0.4) is 0 Å². The van der Waals surface area contributed by atoms with E-state index in [1.54, 1.807) is 0 Å². The zero-order chi connectivity index (χ0) is 27.8. The van der Waals surface area contributed by atoms with E-state index in [0.717, 1.165) is 24.3 Å². The van der Waals surface area contributed by atoms with Crippen LogP contribution < -0.4 is 18.9 Å². The Morgan fingerprint density at radius 1 is 1.13 bits per heavy atom. The second-order valence-corrected chi connectivity index (χ2v) is 8.27. The molecule has 0 spiro atoms. The molecule has 3 rings (SSSR count). The fourth-order valence-electron chi connectivity index (χ4n) is 2.62. The van der Waals surface area contributed by atoms with Crippen molar-refractivity contribution in [1.29, 1.82) is 0 Å². The van der Waals surface area contributed by atoms with Crippen LogP contribution >= 0.6 is 0 Å². The molecule has 10 heteroatoms. The molecular formula is C21H20F2N2O5S. The minimum Gasteiger partial charge on any atom is -0.616 e. The van der Waals surface area contributed by atoms with Crippen molar-refractivity contribution >= 4 is 15.7 Å². The predicted octanol–water partition coefficient (Wildman–Crippen LogP) is 4.14. The summed E-state index contributed by atoms with van der Waals surface area (Å²) in [5.74, 6) is -3.68. The molecule has 0 radical (unpaired) electrons. The number of hydrogen-bond acceptors (Lipinski definition) is 5. The van der Waals surface area contributed by atoms with E-state index in [9.17, 15) is 22.4 Å². The molecule has 7 nitrogen and oxygen atoms in total. The Morgan fingerprint density at radius 3 is 2.58 bits per heavy atom. The lowest BCUT2D eigenvalue weighted by molar-refractivity contribution is -0.618. The molecule has 0 aliphatic carbocycles. The molecule has 164 valence electrons. The van der Waals surface area contributed by atoms with Crippen LogP contribution in [-0.4, -0.2) is 21.2 Å². The first-order chi connectivity index (χ1) is 17.0. The van der Waals surface area contributed by atoms with Gasteiger partial charge in [-0.25, -0.2) is 17.2 Å². The molecule has 3 aromatic rings. The summed E-state index contributed by atoms with van der Waals surface area (Å²) in [6.07, 6.45) is 0. The third-order valence-electron chi connectivity index (χ3n) is 4.15. The Hall–Kier alpha value is -3.40. The molecule has 0 bridgehead atoms. The van der Waals surface area contributed by atoms with Crippen LogP contribution in [0.1, 0.15) is 20.8 Å². The second-order valence-electron chi connectivity index (χ2n) is 6.26. The number of ether oxygens (including phenoxy) is 2. The average Bonchev–Trinajstić information content (AvgIpc) is 2.76. The standard InChI is InChI=1S/C21H20F2N2O5S/c1-4-31(27,28)24-16-6-8-19(30-20-7-5-15(22)11-18(20)23)17(12-16)14-9-13(2)25(26)21(10-14)29-3/h5-12,24H,4H2,1-3H3/i2D3,3D3. The van der Waals surface area contributed by atoms with E-state index in [0.29, 0.717) is 6.07 Å². The van der Waals surface area contributed by atoms with Gasteiger partial charge in [0.05, 0.1) is 23.0 Å². The number of anilines is 1. The maximum Gasteiger partial charge on any atom is 0.379 e. The number of nitrogens with zero attached hydrogens (tertiary/aromatic N) is 1. The highest BCUT2D eigenvalue weighted by atomic mass is 32.2. The Morgan fingerprint density at radius 2 is 1.90 bits per heavy atom. The van der Waals surface area contributed by atoms with Crippen LogP contribution in [0.4, 0.5) is 14.5 Å². The van der Waals surface area contributed by atoms with Gasteiger partial charge >= 0.3 is 5.88 Å². The van der Waals surface area contributed by atoms with E-state index in [4.69, 9.17) is 17.7 Å². The number of benzene rings is 2. The first kappa shape index (κ1) is 15.4. The zero-order valence-corrected chi connectivity index (χ0v) is 16.8. The van der Waals surface area contributed by atoms with Crippen molar-refractivity contribution in [2.24, 2.45) is 0 Å². The first-order valence-electron chi connectivity index (χ1n) is 11.7. The number of hydrogen-bond donors (Lipinski definition) is 1. The van der Waals surface area contributed by atoms with E-state index in [1.165, 1.54) is 25.1 Å². The topological polar surface area (TPSA) is 91.6 Å². The summed E-state index contributed by atoms with van der Waals surface area (Å²) in [6, 6.07) is 8.02. The van der Waals surface area contributed by atoms with Gasteiger partial charge in [0.1, 0.15) is 11.6 Å². The van der Waals surface area contributed by atoms with Gasteiger partial charge in [0.15, 0.2) is 17.3 Å². The van der Waals surface area contributed by atoms with Crippen molar-refractivity contribution < 1.29 is 39.6 Å². The molecule has 1 aromatic heterocycles. The minimum atomic E-state index is -3.76. The molecular weight excluding hydrogens is 430 g/mol. The van der Waals surface area contributed by atoms with E-state index in [2.05, 4.69) is 4.72 Å². The summed E-state index contributed by atoms with van der Waals surface area (Å²) in [5.41, 5.74) is -1.06. The fraction of sp³-hybridized carbons (Fsp3) is 0.190. The highest BCUT2D eigenvalue weighted by Crippen LogP contribution is 2.37. The summed E-state index contributed by atoms with van der Waals surface area (Å²) in [6.45, 7) is -1.63. The highest BCUT2D eigenvalue weighted by molar-refractivity contribution is 7.92. The van der Waals surface area contributed by atoms with Gasteiger partial charge in [-0.15, -0.1) is 4.73 Å². The van der Waals surface area contributed by atoms with Crippen molar-refractivity contribution in [1.82, 2.24) is 0 Å². The molecule has 0 atom stereocenters. The number of sulfonamides is 1. The van der Waals surface area contributed by atoms with E-state index in [-0.39, 0.29) is 33.0 Å². The first-order valence-corrected chi connectivity index (χ1v) is 10.4. The minimum absolute atomic E-state index is 0.00338. The summed E-state index contributed by atoms with van der Waals surface area (Å²) in [4.78, 5) is 0. The molecule has 0 saturated heterocycles. The van der Waals surface area contributed by atoms with Crippen LogP contribution in [0, 0.1) is 23.7 Å². The van der Waals surface area contributed by atoms with Crippen molar-refractivity contribution in [3.63, 3.8) is 0 Å². The van der Waals surface area contributed by atoms with Crippen molar-refractivity contribution in [3.8, 4) is 28.5 Å². The Labute approximate surface area is 186 Å². The highest BCUT2D eigenvalue weighted by Gasteiger charge is 2.18. The van der Waals surface area contributed by atoms with Crippen molar-refractivity contribution in [2.45, 2.75) is 13.8 Å². The molecule has 2 aromatic carbocycles. The third-order valence-corrected chi connectivity index (χ3v) is 5.46. The van der Waals surface area contributed by atoms with Gasteiger partial charge in [-0.05, 0) is 37.3 Å². The van der Waals surface area contributed by atoms with Crippen molar-refractivity contribution in [3.05, 3.63) is 71.1 Å². The van der Waals surface area contributed by atoms with E-state index < -0.39 is 52.9 Å². The molecule has 0 saturated carbocycles. The number of halogens is 2. The van der Waals surface area contributed by atoms with Gasteiger partial charge in [-0.3, -0.25) is 4.72 Å². The molecule has 0 aliphatic heterocycles. The normalized spacial score (nSPS) is 14.9. The molecule has 0 amide bonds. The van der Waals surface area contributed by atoms with Crippen LogP contribution in [0.2, 0.25) is 0 Å². The lowest BCUT2D eigenvalue weighted by atomic mass is 10.0. The largest absolute Gasteiger partial charge is 0.616 e. The lowest BCUT2D eigenvalue weighted by Crippen LogP contribution is -2.31. The Bertz CT molecular complexity index is 1430. The number of rotatable bonds is 7. The SMILES string of the molecule is [2H]C([2H])([2H])Oc1cc(-c2cc(NS(=O)(=O)CC)ccc2Oc2ccc(F)cc2F)cc(C([2H])([2H])[2H])[n+]1[O-]. The summed E-state index contributed by atoms with van der Waals surface area (Å²) >= 11 is 0. The van der Waals surface area contributed by atoms with Gasteiger partial charge < -0.3 is 14.7 Å². The van der Waals surface area contributed by atoms with Crippen molar-refractivity contribution in [2.75, 3.05) is 17.5 Å². The Kier molecular flexibility index (Phi) is 4.36. The van der Waals surface area contributed by atoms with Crippen LogP contribution in [0.25, 0.3) is 11.1 Å². The summed E-state index contributed by atoms with van der Waals surface area (Å²) in [5, 5.41) is 12.6. The molecule has 31 heavy (non-hydrogen) atoms. The number of methoxy groups -OCH3 is 1. The van der Waals surface area contributed by atoms with Crippen LogP contribution in [-0.2, 0) is 10.0 Å². The number of aryl methyl sites for hydroxylation is 1. The third kappa shape index (κ3) is 5.02. The van der Waals surface area contributed by atoms with Crippen LogP contribution in [0.15, 0.2) is 48.5 Å². The maximum absolute atomic E-state index is 14.3. The Balaban J connectivity index is 2.27. The smallest absolute Gasteiger partial charge is 0.379 e. The molecule has 1 N–H and O–H groups in total. The number of aromatic nitrogens is 1. The monoisotopic (exact) mass is 456 g/mol. The average molecular weight is 456 g/mol. The summed E-state index contributed by atoms with van der Waals surface area (Å²) in [7, 11) is -6.88. The number of nitrogens with one attached hydrogen (secondary N) is 1. The van der Waals surface area contributed by atoms with Gasteiger partial charge in [0.25, 0.3) is 0 Å². The second kappa shape index (κ2) is 8.76. The quantitative estimate of drug-likeness (QED) is 0.426. The predicted molar refractivity (Wildman–Crippen MR) is 112 cm³/mol. The summed E-state index contributed by atoms with van der Waals surface area (Å²) < 4.78 is 109. The van der Waals surface area contributed by atoms with Gasteiger partial charge in [0, 0.05) is 39.9 Å². The fourth-order valence-corrected chi connectivity index (χ4v) is 3.25. The van der Waals surface area contributed by atoms with E-state index >= 15 is 0 Å². The van der Waals surface area contributed by atoms with Gasteiger partial charge in [0.2, 0.25) is 10.0 Å². The number of pyridine rings is 1. The van der Waals surface area contributed by atoms with Gasteiger partial charge in [-0.1, -0.05) is 0 Å². The van der Waals surface area contributed by atoms with Crippen LogP contribution in [0.5, 0.6) is 17.4 Å². The molecule has 1 heterocycles. The molecule has 0 aliphatic rings. The molecule has 0 fully saturated rings. The maximum atomic E-state index is 14.3. The van der Waals surface area contributed by atoms with E-state index in [1.807, 2.05) is 0 Å².